The molecule has 0 saturated carbocycles. The van der Waals surface area contributed by atoms with Gasteiger partial charge in [0.2, 0.25) is 5.91 Å². The van der Waals surface area contributed by atoms with Crippen molar-refractivity contribution in [2.75, 3.05) is 11.1 Å². The topological polar surface area (TPSA) is 29.1 Å². The summed E-state index contributed by atoms with van der Waals surface area (Å²) >= 11 is 4.50. The van der Waals surface area contributed by atoms with Gasteiger partial charge in [-0.2, -0.15) is 0 Å². The van der Waals surface area contributed by atoms with Crippen LogP contribution in [0.1, 0.15) is 11.1 Å². The molecule has 2 aromatic rings. The standard InChI is InChI=1S/C16H14BrF2NOS/c1-10-2-5-13(18)7-15(10)20-16(21)9-22-8-11-3-4-12(17)6-14(11)19/h2-7H,8-9H2,1H3,(H,20,21). The summed E-state index contributed by atoms with van der Waals surface area (Å²) in [5.41, 5.74) is 1.79. The zero-order valence-corrected chi connectivity index (χ0v) is 14.2. The lowest BCUT2D eigenvalue weighted by Gasteiger charge is -2.08. The summed E-state index contributed by atoms with van der Waals surface area (Å²) in [6, 6.07) is 9.07. The van der Waals surface area contributed by atoms with Crippen molar-refractivity contribution in [3.8, 4) is 0 Å². The Bertz CT molecular complexity index is 694. The first-order chi connectivity index (χ1) is 10.5. The van der Waals surface area contributed by atoms with E-state index >= 15 is 0 Å². The van der Waals surface area contributed by atoms with Crippen LogP contribution in [-0.2, 0) is 10.5 Å². The minimum Gasteiger partial charge on any atom is -0.325 e. The first-order valence-electron chi connectivity index (χ1n) is 6.53. The van der Waals surface area contributed by atoms with Gasteiger partial charge in [0.15, 0.2) is 0 Å². The van der Waals surface area contributed by atoms with Crippen LogP contribution in [-0.4, -0.2) is 11.7 Å². The van der Waals surface area contributed by atoms with Gasteiger partial charge in [-0.1, -0.05) is 28.1 Å². The lowest BCUT2D eigenvalue weighted by atomic mass is 10.2. The molecule has 2 nitrogen and oxygen atoms in total. The number of hydrogen-bond acceptors (Lipinski definition) is 2. The lowest BCUT2D eigenvalue weighted by molar-refractivity contribution is -0.113. The Morgan fingerprint density at radius 1 is 1.23 bits per heavy atom. The normalized spacial score (nSPS) is 10.5. The molecule has 0 heterocycles. The lowest BCUT2D eigenvalue weighted by Crippen LogP contribution is -2.15. The molecule has 0 spiro atoms. The van der Waals surface area contributed by atoms with E-state index in [-0.39, 0.29) is 17.5 Å². The average molecular weight is 386 g/mol. The minimum absolute atomic E-state index is 0.172. The van der Waals surface area contributed by atoms with Crippen LogP contribution in [0.25, 0.3) is 0 Å². The first-order valence-corrected chi connectivity index (χ1v) is 8.48. The Balaban J connectivity index is 1.86. The highest BCUT2D eigenvalue weighted by Crippen LogP contribution is 2.21. The average Bonchev–Trinajstić information content (AvgIpc) is 2.45. The third kappa shape index (κ3) is 4.81. The maximum absolute atomic E-state index is 13.6. The smallest absolute Gasteiger partial charge is 0.234 e. The number of amides is 1. The van der Waals surface area contributed by atoms with Gasteiger partial charge in [-0.25, -0.2) is 8.78 Å². The van der Waals surface area contributed by atoms with Crippen LogP contribution in [0.3, 0.4) is 0 Å². The molecule has 1 amide bonds. The molecule has 0 radical (unpaired) electrons. The van der Waals surface area contributed by atoms with Gasteiger partial charge in [-0.15, -0.1) is 11.8 Å². The molecular formula is C16H14BrF2NOS. The van der Waals surface area contributed by atoms with E-state index in [1.54, 1.807) is 25.1 Å². The molecule has 6 heteroatoms. The quantitative estimate of drug-likeness (QED) is 0.792. The van der Waals surface area contributed by atoms with Crippen molar-refractivity contribution in [3.63, 3.8) is 0 Å². The van der Waals surface area contributed by atoms with E-state index in [9.17, 15) is 13.6 Å². The summed E-state index contributed by atoms with van der Waals surface area (Å²) in [7, 11) is 0. The summed E-state index contributed by atoms with van der Waals surface area (Å²) in [5.74, 6) is -0.370. The van der Waals surface area contributed by atoms with Crippen LogP contribution in [0, 0.1) is 18.6 Å². The zero-order chi connectivity index (χ0) is 16.1. The fourth-order valence-electron chi connectivity index (χ4n) is 1.81. The van der Waals surface area contributed by atoms with Crippen molar-refractivity contribution >= 4 is 39.3 Å². The van der Waals surface area contributed by atoms with E-state index < -0.39 is 5.82 Å². The fourth-order valence-corrected chi connectivity index (χ4v) is 2.95. The van der Waals surface area contributed by atoms with Crippen molar-refractivity contribution in [2.45, 2.75) is 12.7 Å². The third-order valence-electron chi connectivity index (χ3n) is 2.98. The molecular weight excluding hydrogens is 372 g/mol. The Hall–Kier alpha value is -1.40. The molecule has 2 rings (SSSR count). The monoisotopic (exact) mass is 385 g/mol. The number of hydrogen-bond donors (Lipinski definition) is 1. The molecule has 0 fully saturated rings. The molecule has 0 bridgehead atoms. The van der Waals surface area contributed by atoms with Crippen LogP contribution >= 0.6 is 27.7 Å². The zero-order valence-electron chi connectivity index (χ0n) is 11.8. The molecule has 0 saturated heterocycles. The predicted molar refractivity (Wildman–Crippen MR) is 90.0 cm³/mol. The Morgan fingerprint density at radius 2 is 2.00 bits per heavy atom. The SMILES string of the molecule is Cc1ccc(F)cc1NC(=O)CSCc1ccc(Br)cc1F. The van der Waals surface area contributed by atoms with Gasteiger partial charge in [0.1, 0.15) is 11.6 Å². The Morgan fingerprint density at radius 3 is 2.73 bits per heavy atom. The number of carbonyl (C=O) groups is 1. The minimum atomic E-state index is -0.398. The van der Waals surface area contributed by atoms with Crippen molar-refractivity contribution in [1.29, 1.82) is 0 Å². The summed E-state index contributed by atoms with van der Waals surface area (Å²) in [4.78, 5) is 11.8. The highest BCUT2D eigenvalue weighted by atomic mass is 79.9. The Kier molecular flexibility index (Phi) is 5.97. The molecule has 22 heavy (non-hydrogen) atoms. The summed E-state index contributed by atoms with van der Waals surface area (Å²) < 4.78 is 27.5. The van der Waals surface area contributed by atoms with Crippen molar-refractivity contribution in [1.82, 2.24) is 0 Å². The van der Waals surface area contributed by atoms with Gasteiger partial charge in [-0.05, 0) is 42.3 Å². The maximum atomic E-state index is 13.6. The fraction of sp³-hybridized carbons (Fsp3) is 0.188. The van der Waals surface area contributed by atoms with Gasteiger partial charge in [0.05, 0.1) is 5.75 Å². The molecule has 0 aliphatic rings. The van der Waals surface area contributed by atoms with Gasteiger partial charge in [-0.3, -0.25) is 4.79 Å². The largest absolute Gasteiger partial charge is 0.325 e. The number of thioether (sulfide) groups is 1. The van der Waals surface area contributed by atoms with E-state index in [0.717, 1.165) is 5.56 Å². The molecule has 0 unspecified atom stereocenters. The summed E-state index contributed by atoms with van der Waals surface area (Å²) in [6.45, 7) is 1.79. The molecule has 0 aliphatic carbocycles. The molecule has 0 atom stereocenters. The third-order valence-corrected chi connectivity index (χ3v) is 4.45. The number of rotatable bonds is 5. The number of carbonyl (C=O) groups excluding carboxylic acids is 1. The van der Waals surface area contributed by atoms with Gasteiger partial charge in [0, 0.05) is 15.9 Å². The van der Waals surface area contributed by atoms with Crippen molar-refractivity contribution < 1.29 is 13.6 Å². The van der Waals surface area contributed by atoms with E-state index in [1.165, 1.54) is 30.0 Å². The second-order valence-electron chi connectivity index (χ2n) is 4.74. The summed E-state index contributed by atoms with van der Waals surface area (Å²) in [5, 5.41) is 2.66. The second kappa shape index (κ2) is 7.74. The van der Waals surface area contributed by atoms with Crippen LogP contribution in [0.2, 0.25) is 0 Å². The van der Waals surface area contributed by atoms with Crippen LogP contribution in [0.15, 0.2) is 40.9 Å². The number of benzene rings is 2. The van der Waals surface area contributed by atoms with Gasteiger partial charge >= 0.3 is 0 Å². The highest BCUT2D eigenvalue weighted by molar-refractivity contribution is 9.10. The van der Waals surface area contributed by atoms with E-state index in [2.05, 4.69) is 21.2 Å². The van der Waals surface area contributed by atoms with Crippen molar-refractivity contribution in [2.24, 2.45) is 0 Å². The number of aryl methyl sites for hydroxylation is 1. The van der Waals surface area contributed by atoms with Crippen LogP contribution in [0.4, 0.5) is 14.5 Å². The maximum Gasteiger partial charge on any atom is 0.234 e. The summed E-state index contributed by atoms with van der Waals surface area (Å²) in [6.07, 6.45) is 0. The number of halogens is 3. The van der Waals surface area contributed by atoms with Crippen molar-refractivity contribution in [3.05, 3.63) is 63.6 Å². The van der Waals surface area contributed by atoms with Crippen LogP contribution in [0.5, 0.6) is 0 Å². The molecule has 116 valence electrons. The van der Waals surface area contributed by atoms with Gasteiger partial charge in [0.25, 0.3) is 0 Å². The second-order valence-corrected chi connectivity index (χ2v) is 6.64. The van der Waals surface area contributed by atoms with Crippen LogP contribution < -0.4 is 5.32 Å². The van der Waals surface area contributed by atoms with Gasteiger partial charge < -0.3 is 5.32 Å². The molecule has 0 aliphatic heterocycles. The molecule has 0 aromatic heterocycles. The highest BCUT2D eigenvalue weighted by Gasteiger charge is 2.08. The van der Waals surface area contributed by atoms with E-state index in [4.69, 9.17) is 0 Å². The molecule has 1 N–H and O–H groups in total. The molecule has 2 aromatic carbocycles. The predicted octanol–water partition coefficient (Wildman–Crippen LogP) is 4.91. The number of nitrogens with one attached hydrogen (secondary N) is 1. The Labute approximate surface area is 140 Å². The number of anilines is 1. The van der Waals surface area contributed by atoms with E-state index in [0.29, 0.717) is 21.5 Å². The van der Waals surface area contributed by atoms with E-state index in [1.807, 2.05) is 0 Å². The first kappa shape index (κ1) is 17.0.